The fourth-order valence-corrected chi connectivity index (χ4v) is 2.47. The molecule has 3 rings (SSSR count). The standard InChI is InChI=1S/C18H16F3N7/c1-2-15-14(16(22)25-17(23)24-15)5-3-4-12-10-28(27-26-12)13-8-6-11(7-9-13)18(19,20)21/h6-10H,2,4H2,1H3,(H4,22,23,24,25). The van der Waals surface area contributed by atoms with E-state index in [-0.39, 0.29) is 18.2 Å². The summed E-state index contributed by atoms with van der Waals surface area (Å²) in [6.45, 7) is 1.90. The molecule has 2 heterocycles. The van der Waals surface area contributed by atoms with Crippen LogP contribution in [0, 0.1) is 11.8 Å². The topological polar surface area (TPSA) is 109 Å². The SMILES string of the molecule is CCc1nc(N)nc(N)c1C#CCc1cn(-c2ccc(C(F)(F)F)cc2)nn1. The van der Waals surface area contributed by atoms with Gasteiger partial charge < -0.3 is 11.5 Å². The molecule has 0 spiro atoms. The van der Waals surface area contributed by atoms with Crippen LogP contribution in [0.3, 0.4) is 0 Å². The van der Waals surface area contributed by atoms with Gasteiger partial charge in [0.25, 0.3) is 0 Å². The highest BCUT2D eigenvalue weighted by molar-refractivity contribution is 5.55. The highest BCUT2D eigenvalue weighted by atomic mass is 19.4. The second-order valence-corrected chi connectivity index (χ2v) is 5.82. The number of nitrogens with two attached hydrogens (primary N) is 2. The molecule has 7 nitrogen and oxygen atoms in total. The fourth-order valence-electron chi connectivity index (χ4n) is 2.47. The lowest BCUT2D eigenvalue weighted by molar-refractivity contribution is -0.137. The summed E-state index contributed by atoms with van der Waals surface area (Å²) in [6, 6.07) is 4.64. The molecule has 0 amide bonds. The minimum Gasteiger partial charge on any atom is -0.382 e. The molecule has 0 fully saturated rings. The zero-order chi connectivity index (χ0) is 20.3. The monoisotopic (exact) mass is 387 g/mol. The van der Waals surface area contributed by atoms with Crippen LogP contribution in [-0.2, 0) is 19.0 Å². The number of aryl methyl sites for hydroxylation is 1. The van der Waals surface area contributed by atoms with E-state index < -0.39 is 11.7 Å². The Bertz CT molecular complexity index is 1040. The van der Waals surface area contributed by atoms with Gasteiger partial charge >= 0.3 is 6.18 Å². The number of benzene rings is 1. The number of hydrogen-bond donors (Lipinski definition) is 2. The van der Waals surface area contributed by atoms with Crippen LogP contribution in [0.2, 0.25) is 0 Å². The van der Waals surface area contributed by atoms with E-state index in [0.717, 1.165) is 12.1 Å². The van der Waals surface area contributed by atoms with Crippen LogP contribution in [0.5, 0.6) is 0 Å². The first-order chi connectivity index (χ1) is 13.3. The van der Waals surface area contributed by atoms with Crippen molar-refractivity contribution in [2.24, 2.45) is 0 Å². The van der Waals surface area contributed by atoms with Crippen molar-refractivity contribution in [2.75, 3.05) is 11.5 Å². The van der Waals surface area contributed by atoms with Gasteiger partial charge in [-0.15, -0.1) is 5.10 Å². The van der Waals surface area contributed by atoms with Gasteiger partial charge in [0.1, 0.15) is 5.82 Å². The first-order valence-electron chi connectivity index (χ1n) is 8.27. The summed E-state index contributed by atoms with van der Waals surface area (Å²) in [4.78, 5) is 8.02. The summed E-state index contributed by atoms with van der Waals surface area (Å²) in [5.41, 5.74) is 12.9. The van der Waals surface area contributed by atoms with Crippen LogP contribution in [0.4, 0.5) is 24.9 Å². The molecule has 0 aliphatic heterocycles. The van der Waals surface area contributed by atoms with Crippen LogP contribution < -0.4 is 11.5 Å². The van der Waals surface area contributed by atoms with E-state index in [0.29, 0.717) is 29.1 Å². The van der Waals surface area contributed by atoms with E-state index >= 15 is 0 Å². The maximum atomic E-state index is 12.6. The molecular weight excluding hydrogens is 371 g/mol. The number of rotatable bonds is 3. The minimum absolute atomic E-state index is 0.0967. The van der Waals surface area contributed by atoms with Gasteiger partial charge in [0, 0.05) is 0 Å². The number of halogens is 3. The molecule has 0 unspecified atom stereocenters. The maximum Gasteiger partial charge on any atom is 0.416 e. The second kappa shape index (κ2) is 7.56. The van der Waals surface area contributed by atoms with Crippen LogP contribution in [0.1, 0.15) is 29.4 Å². The number of hydrogen-bond acceptors (Lipinski definition) is 6. The zero-order valence-corrected chi connectivity index (χ0v) is 14.8. The Morgan fingerprint density at radius 1 is 1.11 bits per heavy atom. The molecule has 144 valence electrons. The quantitative estimate of drug-likeness (QED) is 0.668. The molecule has 0 saturated heterocycles. The zero-order valence-electron chi connectivity index (χ0n) is 14.8. The fraction of sp³-hybridized carbons (Fsp3) is 0.222. The van der Waals surface area contributed by atoms with Crippen molar-refractivity contribution in [3.8, 4) is 17.5 Å². The van der Waals surface area contributed by atoms with Crippen molar-refractivity contribution in [1.82, 2.24) is 25.0 Å². The van der Waals surface area contributed by atoms with E-state index in [1.165, 1.54) is 16.8 Å². The molecule has 10 heteroatoms. The van der Waals surface area contributed by atoms with Gasteiger partial charge in [0.05, 0.1) is 40.8 Å². The van der Waals surface area contributed by atoms with Crippen molar-refractivity contribution < 1.29 is 13.2 Å². The Morgan fingerprint density at radius 3 is 2.46 bits per heavy atom. The molecule has 0 radical (unpaired) electrons. The molecule has 28 heavy (non-hydrogen) atoms. The lowest BCUT2D eigenvalue weighted by atomic mass is 10.1. The predicted octanol–water partition coefficient (Wildman–Crippen LogP) is 2.40. The Morgan fingerprint density at radius 2 is 1.82 bits per heavy atom. The average Bonchev–Trinajstić information content (AvgIpc) is 3.11. The first-order valence-corrected chi connectivity index (χ1v) is 8.27. The van der Waals surface area contributed by atoms with Crippen LogP contribution >= 0.6 is 0 Å². The van der Waals surface area contributed by atoms with E-state index in [1.807, 2.05) is 6.92 Å². The van der Waals surface area contributed by atoms with Crippen LogP contribution in [-0.4, -0.2) is 25.0 Å². The van der Waals surface area contributed by atoms with Crippen molar-refractivity contribution in [1.29, 1.82) is 0 Å². The lowest BCUT2D eigenvalue weighted by Gasteiger charge is -2.07. The van der Waals surface area contributed by atoms with Gasteiger partial charge in [-0.1, -0.05) is 24.0 Å². The number of aromatic nitrogens is 5. The van der Waals surface area contributed by atoms with E-state index in [9.17, 15) is 13.2 Å². The Labute approximate surface area is 158 Å². The summed E-state index contributed by atoms with van der Waals surface area (Å²) in [5, 5.41) is 7.90. The van der Waals surface area contributed by atoms with Gasteiger partial charge in [-0.25, -0.2) is 9.67 Å². The summed E-state index contributed by atoms with van der Waals surface area (Å²) in [5.74, 6) is 6.16. The van der Waals surface area contributed by atoms with Gasteiger partial charge in [-0.3, -0.25) is 0 Å². The third-order valence-corrected chi connectivity index (χ3v) is 3.85. The molecular formula is C18H16F3N7. The smallest absolute Gasteiger partial charge is 0.382 e. The van der Waals surface area contributed by atoms with Crippen LogP contribution in [0.25, 0.3) is 5.69 Å². The lowest BCUT2D eigenvalue weighted by Crippen LogP contribution is -2.06. The maximum absolute atomic E-state index is 12.6. The summed E-state index contributed by atoms with van der Waals surface area (Å²) < 4.78 is 39.3. The van der Waals surface area contributed by atoms with Gasteiger partial charge in [-0.05, 0) is 30.7 Å². The molecule has 0 aliphatic rings. The highest BCUT2D eigenvalue weighted by Crippen LogP contribution is 2.29. The molecule has 2 aromatic heterocycles. The third kappa shape index (κ3) is 4.20. The Kier molecular flexibility index (Phi) is 5.17. The second-order valence-electron chi connectivity index (χ2n) is 5.82. The summed E-state index contributed by atoms with van der Waals surface area (Å²) in [7, 11) is 0. The van der Waals surface area contributed by atoms with Crippen molar-refractivity contribution in [3.63, 3.8) is 0 Å². The molecule has 4 N–H and O–H groups in total. The normalized spacial score (nSPS) is 11.1. The largest absolute Gasteiger partial charge is 0.416 e. The van der Waals surface area contributed by atoms with Gasteiger partial charge in [0.15, 0.2) is 0 Å². The number of alkyl halides is 3. The predicted molar refractivity (Wildman–Crippen MR) is 97.2 cm³/mol. The average molecular weight is 387 g/mol. The third-order valence-electron chi connectivity index (χ3n) is 3.85. The molecule has 1 aromatic carbocycles. The Hall–Kier alpha value is -3.61. The summed E-state index contributed by atoms with van der Waals surface area (Å²) >= 11 is 0. The minimum atomic E-state index is -4.38. The Balaban J connectivity index is 1.76. The van der Waals surface area contributed by atoms with E-state index in [2.05, 4.69) is 32.1 Å². The van der Waals surface area contributed by atoms with Crippen molar-refractivity contribution in [3.05, 3.63) is 53.0 Å². The summed E-state index contributed by atoms with van der Waals surface area (Å²) in [6.07, 6.45) is -1.91. The molecule has 0 bridgehead atoms. The molecule has 0 aliphatic carbocycles. The van der Waals surface area contributed by atoms with Crippen molar-refractivity contribution >= 4 is 11.8 Å². The van der Waals surface area contributed by atoms with Crippen molar-refractivity contribution in [2.45, 2.75) is 25.9 Å². The molecule has 0 atom stereocenters. The van der Waals surface area contributed by atoms with Crippen LogP contribution in [0.15, 0.2) is 30.5 Å². The number of anilines is 2. The molecule has 0 saturated carbocycles. The first kappa shape index (κ1) is 19.2. The molecule has 3 aromatic rings. The van der Waals surface area contributed by atoms with Gasteiger partial charge in [-0.2, -0.15) is 18.2 Å². The van der Waals surface area contributed by atoms with E-state index in [4.69, 9.17) is 11.5 Å². The highest BCUT2D eigenvalue weighted by Gasteiger charge is 2.30. The number of nitrogen functional groups attached to an aromatic ring is 2. The number of nitrogens with zero attached hydrogens (tertiary/aromatic N) is 5. The van der Waals surface area contributed by atoms with E-state index in [1.54, 1.807) is 6.20 Å². The van der Waals surface area contributed by atoms with Gasteiger partial charge in [0.2, 0.25) is 5.95 Å².